The van der Waals surface area contributed by atoms with Crippen LogP contribution in [0.4, 0.5) is 11.6 Å². The molecule has 29 heavy (non-hydrogen) atoms. The van der Waals surface area contributed by atoms with Gasteiger partial charge in [0.25, 0.3) is 0 Å². The van der Waals surface area contributed by atoms with Crippen LogP contribution in [-0.4, -0.2) is 54.0 Å². The molecule has 0 saturated carbocycles. The van der Waals surface area contributed by atoms with Gasteiger partial charge in [0.1, 0.15) is 11.6 Å². The van der Waals surface area contributed by atoms with Crippen molar-refractivity contribution in [1.82, 2.24) is 14.9 Å². The smallest absolute Gasteiger partial charge is 0.209 e. The fourth-order valence-electron chi connectivity index (χ4n) is 3.94. The van der Waals surface area contributed by atoms with Crippen molar-refractivity contribution in [2.45, 2.75) is 32.1 Å². The number of hydrogen-bond acceptors (Lipinski definition) is 5. The predicted octanol–water partition coefficient (Wildman–Crippen LogP) is 3.72. The van der Waals surface area contributed by atoms with Gasteiger partial charge in [-0.3, -0.25) is 4.79 Å². The molecule has 1 aromatic carbocycles. The molecule has 152 valence electrons. The maximum atomic E-state index is 11.0. The van der Waals surface area contributed by atoms with E-state index in [1.165, 1.54) is 25.7 Å². The molecule has 4 rings (SSSR count). The number of hydrogen-bond donors (Lipinski definition) is 1. The second-order valence-corrected chi connectivity index (χ2v) is 7.71. The van der Waals surface area contributed by atoms with Gasteiger partial charge in [-0.05, 0) is 32.1 Å². The largest absolute Gasteiger partial charge is 0.370 e. The lowest BCUT2D eigenvalue weighted by Gasteiger charge is -2.33. The van der Waals surface area contributed by atoms with Gasteiger partial charge in [0.15, 0.2) is 5.82 Å². The van der Waals surface area contributed by atoms with Crippen molar-refractivity contribution in [1.29, 1.82) is 0 Å². The number of allylic oxidation sites excluding steroid dienone is 1. The number of carbonyl (C=O) groups excluding carboxylic acids is 1. The summed E-state index contributed by atoms with van der Waals surface area (Å²) in [5.74, 6) is 2.52. The van der Waals surface area contributed by atoms with Crippen LogP contribution in [0.3, 0.4) is 0 Å². The van der Waals surface area contributed by atoms with Crippen LogP contribution in [0.1, 0.15) is 32.1 Å². The molecule has 2 aromatic rings. The van der Waals surface area contributed by atoms with E-state index in [-0.39, 0.29) is 0 Å². The maximum absolute atomic E-state index is 11.0. The van der Waals surface area contributed by atoms with Gasteiger partial charge in [-0.2, -0.15) is 0 Å². The number of carbonyl (C=O) groups is 1. The summed E-state index contributed by atoms with van der Waals surface area (Å²) >= 11 is 0. The zero-order chi connectivity index (χ0) is 19.9. The Hall–Kier alpha value is -2.89. The van der Waals surface area contributed by atoms with Crippen LogP contribution in [0.15, 0.2) is 48.0 Å². The molecule has 1 aromatic heterocycles. The number of anilines is 2. The minimum absolute atomic E-state index is 0.727. The predicted molar refractivity (Wildman–Crippen MR) is 117 cm³/mol. The Morgan fingerprint density at radius 3 is 2.59 bits per heavy atom. The number of amides is 1. The second kappa shape index (κ2) is 9.54. The van der Waals surface area contributed by atoms with Crippen LogP contribution in [-0.2, 0) is 4.79 Å². The van der Waals surface area contributed by atoms with Gasteiger partial charge in [0.2, 0.25) is 6.41 Å². The monoisotopic (exact) mass is 391 g/mol. The molecule has 1 fully saturated rings. The summed E-state index contributed by atoms with van der Waals surface area (Å²) < 4.78 is 0. The lowest BCUT2D eigenvalue weighted by Crippen LogP contribution is -2.46. The summed E-state index contributed by atoms with van der Waals surface area (Å²) in [4.78, 5) is 24.7. The number of nitrogens with one attached hydrogen (secondary N) is 1. The third-order valence-corrected chi connectivity index (χ3v) is 5.67. The van der Waals surface area contributed by atoms with Crippen molar-refractivity contribution < 1.29 is 4.79 Å². The molecule has 1 N–H and O–H groups in total. The molecule has 6 nitrogen and oxygen atoms in total. The van der Waals surface area contributed by atoms with Gasteiger partial charge in [0.05, 0.1) is 0 Å². The summed E-state index contributed by atoms with van der Waals surface area (Å²) in [6, 6.07) is 12.1. The van der Waals surface area contributed by atoms with Gasteiger partial charge in [-0.25, -0.2) is 9.97 Å². The average Bonchev–Trinajstić information content (AvgIpc) is 2.80. The molecule has 1 amide bonds. The Labute approximate surface area is 172 Å². The van der Waals surface area contributed by atoms with Gasteiger partial charge in [-0.15, -0.1) is 0 Å². The van der Waals surface area contributed by atoms with E-state index in [4.69, 9.17) is 9.97 Å². The highest BCUT2D eigenvalue weighted by Gasteiger charge is 2.18. The first-order valence-electron chi connectivity index (χ1n) is 10.6. The summed E-state index contributed by atoms with van der Waals surface area (Å²) in [6.07, 6.45) is 9.49. The van der Waals surface area contributed by atoms with Crippen LogP contribution in [0, 0.1) is 0 Å². The quantitative estimate of drug-likeness (QED) is 0.576. The van der Waals surface area contributed by atoms with Crippen LogP contribution < -0.4 is 10.2 Å². The SMILES string of the molecule is O=CN1CCN(c2cc(NCCC3=CCCCC3)nc(-c3ccccc3)n2)CC1. The topological polar surface area (TPSA) is 61.4 Å². The van der Waals surface area contributed by atoms with Crippen molar-refractivity contribution in [3.63, 3.8) is 0 Å². The number of rotatable bonds is 7. The summed E-state index contributed by atoms with van der Waals surface area (Å²) in [6.45, 7) is 3.91. The summed E-state index contributed by atoms with van der Waals surface area (Å²) in [5, 5.41) is 3.52. The molecule has 2 heterocycles. The average molecular weight is 392 g/mol. The summed E-state index contributed by atoms with van der Waals surface area (Å²) in [5.41, 5.74) is 2.57. The molecule has 2 aliphatic rings. The summed E-state index contributed by atoms with van der Waals surface area (Å²) in [7, 11) is 0. The van der Waals surface area contributed by atoms with Gasteiger partial charge >= 0.3 is 0 Å². The van der Waals surface area contributed by atoms with Crippen LogP contribution >= 0.6 is 0 Å². The number of piperazine rings is 1. The molecule has 0 unspecified atom stereocenters. The molecule has 1 aliphatic carbocycles. The number of benzene rings is 1. The van der Waals surface area contributed by atoms with Gasteiger partial charge < -0.3 is 15.1 Å². The highest BCUT2D eigenvalue weighted by Crippen LogP contribution is 2.24. The first-order valence-corrected chi connectivity index (χ1v) is 10.6. The molecule has 0 atom stereocenters. The van der Waals surface area contributed by atoms with Crippen molar-refractivity contribution >= 4 is 18.0 Å². The molecule has 1 aliphatic heterocycles. The Bertz CT molecular complexity index is 844. The standard InChI is InChI=1S/C23H29N5O/c29-18-27-13-15-28(16-14-27)22-17-21(24-12-11-19-7-3-1-4-8-19)25-23(26-22)20-9-5-2-6-10-20/h2,5-7,9-10,17-18H,1,3-4,8,11-16H2,(H,24,25,26). The van der Waals surface area contributed by atoms with E-state index in [9.17, 15) is 4.79 Å². The fraction of sp³-hybridized carbons (Fsp3) is 0.435. The first kappa shape index (κ1) is 19.4. The lowest BCUT2D eigenvalue weighted by molar-refractivity contribution is -0.118. The van der Waals surface area contributed by atoms with E-state index >= 15 is 0 Å². The van der Waals surface area contributed by atoms with Gasteiger partial charge in [0, 0.05) is 44.4 Å². The van der Waals surface area contributed by atoms with Gasteiger partial charge in [-0.1, -0.05) is 42.0 Å². The number of nitrogens with zero attached hydrogens (tertiary/aromatic N) is 4. The number of aromatic nitrogens is 2. The fourth-order valence-corrected chi connectivity index (χ4v) is 3.94. The zero-order valence-corrected chi connectivity index (χ0v) is 16.9. The van der Waals surface area contributed by atoms with Crippen LogP contribution in [0.5, 0.6) is 0 Å². The normalized spacial score (nSPS) is 17.0. The molecular formula is C23H29N5O. The van der Waals surface area contributed by atoms with E-state index in [0.717, 1.165) is 68.6 Å². The third-order valence-electron chi connectivity index (χ3n) is 5.67. The van der Waals surface area contributed by atoms with Crippen LogP contribution in [0.25, 0.3) is 11.4 Å². The third kappa shape index (κ3) is 5.13. The van der Waals surface area contributed by atoms with E-state index in [1.807, 2.05) is 41.3 Å². The van der Waals surface area contributed by atoms with E-state index in [1.54, 1.807) is 5.57 Å². The zero-order valence-electron chi connectivity index (χ0n) is 16.9. The van der Waals surface area contributed by atoms with E-state index in [0.29, 0.717) is 0 Å². The van der Waals surface area contributed by atoms with E-state index in [2.05, 4.69) is 16.3 Å². The lowest BCUT2D eigenvalue weighted by atomic mass is 9.97. The Balaban J connectivity index is 1.51. The van der Waals surface area contributed by atoms with E-state index < -0.39 is 0 Å². The van der Waals surface area contributed by atoms with Crippen LogP contribution in [0.2, 0.25) is 0 Å². The molecule has 0 bridgehead atoms. The molecule has 0 radical (unpaired) electrons. The molecule has 6 heteroatoms. The maximum Gasteiger partial charge on any atom is 0.209 e. The molecule has 1 saturated heterocycles. The molecular weight excluding hydrogens is 362 g/mol. The van der Waals surface area contributed by atoms with Crippen molar-refractivity contribution in [2.75, 3.05) is 42.9 Å². The highest BCUT2D eigenvalue weighted by atomic mass is 16.1. The Morgan fingerprint density at radius 1 is 1.03 bits per heavy atom. The van der Waals surface area contributed by atoms with Crippen molar-refractivity contribution in [2.24, 2.45) is 0 Å². The minimum atomic E-state index is 0.727. The second-order valence-electron chi connectivity index (χ2n) is 7.71. The minimum Gasteiger partial charge on any atom is -0.370 e. The highest BCUT2D eigenvalue weighted by molar-refractivity contribution is 5.62. The molecule has 0 spiro atoms. The Kier molecular flexibility index (Phi) is 6.39. The van der Waals surface area contributed by atoms with Crippen molar-refractivity contribution in [3.05, 3.63) is 48.0 Å². The Morgan fingerprint density at radius 2 is 1.86 bits per heavy atom. The first-order chi connectivity index (χ1) is 14.3. The van der Waals surface area contributed by atoms with Crippen molar-refractivity contribution in [3.8, 4) is 11.4 Å².